The van der Waals surface area contributed by atoms with Crippen molar-refractivity contribution in [3.63, 3.8) is 0 Å². The fourth-order valence-corrected chi connectivity index (χ4v) is 4.29. The van der Waals surface area contributed by atoms with Gasteiger partial charge in [-0.2, -0.15) is 18.4 Å². The van der Waals surface area contributed by atoms with E-state index in [1.165, 1.54) is 44.1 Å². The summed E-state index contributed by atoms with van der Waals surface area (Å²) >= 11 is 0. The second kappa shape index (κ2) is 10.3. The Bertz CT molecular complexity index is 1560. The molecule has 206 valence electrons. The van der Waals surface area contributed by atoms with Crippen molar-refractivity contribution in [2.45, 2.75) is 32.1 Å². The first-order valence-corrected chi connectivity index (χ1v) is 11.8. The van der Waals surface area contributed by atoms with E-state index in [0.29, 0.717) is 22.2 Å². The SMILES string of the molecule is COC(=O)c1ccc(Nc2ccccc2CN2C(=O)N(c3ccc(C#N)c(C(F)(F)F)c3)C(=O)C2(C)C)c(F)c1. The molecule has 0 unspecified atom stereocenters. The smallest absolute Gasteiger partial charge is 0.417 e. The molecule has 3 amide bonds. The van der Waals surface area contributed by atoms with E-state index >= 15 is 0 Å². The number of benzene rings is 3. The molecule has 8 nitrogen and oxygen atoms in total. The third-order valence-corrected chi connectivity index (χ3v) is 6.52. The van der Waals surface area contributed by atoms with Crippen molar-refractivity contribution in [1.82, 2.24) is 4.90 Å². The Morgan fingerprint density at radius 2 is 1.75 bits per heavy atom. The fourth-order valence-electron chi connectivity index (χ4n) is 4.29. The Labute approximate surface area is 226 Å². The van der Waals surface area contributed by atoms with Gasteiger partial charge in [0.05, 0.1) is 47.8 Å². The molecular formula is C28H22F4N4O4. The van der Waals surface area contributed by atoms with Crippen LogP contribution in [0.15, 0.2) is 60.7 Å². The summed E-state index contributed by atoms with van der Waals surface area (Å²) in [5.41, 5.74) is -2.77. The summed E-state index contributed by atoms with van der Waals surface area (Å²) in [6, 6.07) is 13.5. The largest absolute Gasteiger partial charge is 0.465 e. The highest BCUT2D eigenvalue weighted by Crippen LogP contribution is 2.39. The van der Waals surface area contributed by atoms with Gasteiger partial charge in [0.25, 0.3) is 5.91 Å². The third-order valence-electron chi connectivity index (χ3n) is 6.52. The molecule has 0 radical (unpaired) electrons. The molecule has 1 saturated heterocycles. The molecule has 3 aromatic carbocycles. The highest BCUT2D eigenvalue weighted by Gasteiger charge is 2.52. The van der Waals surface area contributed by atoms with Gasteiger partial charge in [-0.1, -0.05) is 18.2 Å². The van der Waals surface area contributed by atoms with E-state index in [9.17, 15) is 31.9 Å². The topological polar surface area (TPSA) is 103 Å². The molecule has 1 fully saturated rings. The Morgan fingerprint density at radius 3 is 2.38 bits per heavy atom. The molecule has 0 saturated carbocycles. The summed E-state index contributed by atoms with van der Waals surface area (Å²) in [4.78, 5) is 40.3. The van der Waals surface area contributed by atoms with E-state index in [0.717, 1.165) is 18.2 Å². The number of urea groups is 1. The van der Waals surface area contributed by atoms with Crippen molar-refractivity contribution in [2.75, 3.05) is 17.3 Å². The molecule has 4 rings (SSSR count). The van der Waals surface area contributed by atoms with Crippen LogP contribution in [-0.4, -0.2) is 35.5 Å². The molecular weight excluding hydrogens is 532 g/mol. The number of hydrogen-bond donors (Lipinski definition) is 1. The average Bonchev–Trinajstić information content (AvgIpc) is 3.08. The minimum atomic E-state index is -4.88. The average molecular weight is 555 g/mol. The maximum atomic E-state index is 14.7. The second-order valence-electron chi connectivity index (χ2n) is 9.38. The van der Waals surface area contributed by atoms with Gasteiger partial charge in [-0.05, 0) is 61.9 Å². The predicted molar refractivity (Wildman–Crippen MR) is 136 cm³/mol. The van der Waals surface area contributed by atoms with Crippen molar-refractivity contribution in [2.24, 2.45) is 0 Å². The number of anilines is 3. The van der Waals surface area contributed by atoms with E-state index < -0.39 is 46.6 Å². The number of rotatable bonds is 6. The first kappa shape index (κ1) is 28.1. The monoisotopic (exact) mass is 554 g/mol. The van der Waals surface area contributed by atoms with Crippen LogP contribution in [0.1, 0.15) is 40.9 Å². The molecule has 0 aliphatic carbocycles. The van der Waals surface area contributed by atoms with Crippen LogP contribution in [0.25, 0.3) is 0 Å². The maximum absolute atomic E-state index is 14.7. The first-order valence-electron chi connectivity index (χ1n) is 11.8. The van der Waals surface area contributed by atoms with Crippen LogP contribution in [0.4, 0.5) is 39.4 Å². The third kappa shape index (κ3) is 5.05. The number of hydrogen-bond acceptors (Lipinski definition) is 6. The van der Waals surface area contributed by atoms with Crippen molar-refractivity contribution >= 4 is 35.0 Å². The lowest BCUT2D eigenvalue weighted by Gasteiger charge is -2.28. The Balaban J connectivity index is 1.66. The number of halogens is 4. The maximum Gasteiger partial charge on any atom is 0.417 e. The zero-order chi connectivity index (χ0) is 29.4. The Kier molecular flexibility index (Phi) is 7.26. The van der Waals surface area contributed by atoms with E-state index in [2.05, 4.69) is 10.1 Å². The number of imide groups is 1. The number of para-hydroxylation sites is 1. The number of ether oxygens (including phenoxy) is 1. The molecule has 1 N–H and O–H groups in total. The molecule has 40 heavy (non-hydrogen) atoms. The minimum Gasteiger partial charge on any atom is -0.465 e. The molecule has 0 bridgehead atoms. The Hall–Kier alpha value is -4.92. The number of carbonyl (C=O) groups is 3. The standard InChI is InChI=1S/C28H22F4N4O4/c1-27(2)25(38)36(19-10-8-17(14-33)20(13-19)28(30,31)32)26(39)35(27)15-18-6-4-5-7-22(18)34-23-11-9-16(12-21(23)29)24(37)40-3/h4-13,34H,15H2,1-3H3. The van der Waals surface area contributed by atoms with Gasteiger partial charge in [-0.25, -0.2) is 18.9 Å². The van der Waals surface area contributed by atoms with Crippen molar-refractivity contribution in [1.29, 1.82) is 5.26 Å². The summed E-state index contributed by atoms with van der Waals surface area (Å²) in [5, 5.41) is 12.0. The van der Waals surface area contributed by atoms with Gasteiger partial charge >= 0.3 is 18.2 Å². The number of nitriles is 1. The van der Waals surface area contributed by atoms with Gasteiger partial charge < -0.3 is 15.0 Å². The summed E-state index contributed by atoms with van der Waals surface area (Å²) in [6.07, 6.45) is -4.88. The van der Waals surface area contributed by atoms with Gasteiger partial charge in [0.1, 0.15) is 11.4 Å². The van der Waals surface area contributed by atoms with Crippen molar-refractivity contribution in [3.05, 3.63) is 88.7 Å². The lowest BCUT2D eigenvalue weighted by Crippen LogP contribution is -2.43. The molecule has 1 aliphatic heterocycles. The van der Waals surface area contributed by atoms with Crippen LogP contribution >= 0.6 is 0 Å². The van der Waals surface area contributed by atoms with Crippen LogP contribution in [-0.2, 0) is 22.3 Å². The summed E-state index contributed by atoms with van der Waals surface area (Å²) in [7, 11) is 1.17. The van der Waals surface area contributed by atoms with Gasteiger partial charge in [-0.3, -0.25) is 4.79 Å². The fraction of sp³-hybridized carbons (Fsp3) is 0.214. The number of alkyl halides is 3. The quantitative estimate of drug-likeness (QED) is 0.228. The lowest BCUT2D eigenvalue weighted by atomic mass is 10.0. The van der Waals surface area contributed by atoms with Crippen LogP contribution < -0.4 is 10.2 Å². The van der Waals surface area contributed by atoms with Gasteiger partial charge in [0.15, 0.2) is 0 Å². The number of esters is 1. The highest BCUT2D eigenvalue weighted by molar-refractivity contribution is 6.23. The number of nitrogens with one attached hydrogen (secondary N) is 1. The van der Waals surface area contributed by atoms with Crippen molar-refractivity contribution < 1.29 is 36.7 Å². The molecule has 0 spiro atoms. The summed E-state index contributed by atoms with van der Waals surface area (Å²) in [6.45, 7) is 2.77. The minimum absolute atomic E-state index is 0.0123. The molecule has 1 heterocycles. The zero-order valence-corrected chi connectivity index (χ0v) is 21.5. The van der Waals surface area contributed by atoms with Gasteiger partial charge in [0, 0.05) is 5.69 Å². The molecule has 0 aromatic heterocycles. The number of nitrogens with zero attached hydrogens (tertiary/aromatic N) is 3. The lowest BCUT2D eigenvalue weighted by molar-refractivity contribution is -0.137. The van der Waals surface area contributed by atoms with E-state index in [4.69, 9.17) is 5.26 Å². The molecule has 12 heteroatoms. The van der Waals surface area contributed by atoms with E-state index in [1.54, 1.807) is 24.3 Å². The molecule has 3 aromatic rings. The molecule has 1 aliphatic rings. The second-order valence-corrected chi connectivity index (χ2v) is 9.38. The predicted octanol–water partition coefficient (Wildman–Crippen LogP) is 5.99. The van der Waals surface area contributed by atoms with Crippen LogP contribution in [0.3, 0.4) is 0 Å². The molecule has 0 atom stereocenters. The normalized spacial score (nSPS) is 14.8. The number of methoxy groups -OCH3 is 1. The summed E-state index contributed by atoms with van der Waals surface area (Å²) in [5.74, 6) is -2.21. The van der Waals surface area contributed by atoms with Crippen LogP contribution in [0.2, 0.25) is 0 Å². The van der Waals surface area contributed by atoms with E-state index in [1.807, 2.05) is 0 Å². The van der Waals surface area contributed by atoms with E-state index in [-0.39, 0.29) is 23.5 Å². The summed E-state index contributed by atoms with van der Waals surface area (Å²) < 4.78 is 59.9. The van der Waals surface area contributed by atoms with Crippen molar-refractivity contribution in [3.8, 4) is 6.07 Å². The zero-order valence-electron chi connectivity index (χ0n) is 21.5. The van der Waals surface area contributed by atoms with Gasteiger partial charge in [-0.15, -0.1) is 0 Å². The number of carbonyl (C=O) groups excluding carboxylic acids is 3. The van der Waals surface area contributed by atoms with Crippen LogP contribution in [0, 0.1) is 17.1 Å². The first-order chi connectivity index (χ1) is 18.8. The van der Waals surface area contributed by atoms with Gasteiger partial charge in [0.2, 0.25) is 0 Å². The highest BCUT2D eigenvalue weighted by atomic mass is 19.4. The van der Waals surface area contributed by atoms with Crippen LogP contribution in [0.5, 0.6) is 0 Å². The Morgan fingerprint density at radius 1 is 1.05 bits per heavy atom. The number of amides is 3.